The molecule has 0 aliphatic rings. The highest BCUT2D eigenvalue weighted by Gasteiger charge is 2.12. The highest BCUT2D eigenvalue weighted by atomic mass is 35.5. The van der Waals surface area contributed by atoms with Gasteiger partial charge in [0.1, 0.15) is 0 Å². The van der Waals surface area contributed by atoms with Gasteiger partial charge in [-0.2, -0.15) is 0 Å². The largest absolute Gasteiger partial charge is 0.310 e. The van der Waals surface area contributed by atoms with Crippen molar-refractivity contribution in [3.05, 3.63) is 59.1 Å². The maximum absolute atomic E-state index is 12.2. The zero-order valence-electron chi connectivity index (χ0n) is 13.3. The number of amides is 1. The molecule has 2 aromatic carbocycles. The number of nitrogens with one attached hydrogen (secondary N) is 1. The summed E-state index contributed by atoms with van der Waals surface area (Å²) in [4.78, 5) is 16.7. The number of thioether (sulfide) groups is 1. The lowest BCUT2D eigenvalue weighted by molar-refractivity contribution is -0.113. The monoisotopic (exact) mass is 359 g/mol. The van der Waals surface area contributed by atoms with E-state index < -0.39 is 0 Å². The fraction of sp³-hybridized carbons (Fsp3) is 0.222. The first-order chi connectivity index (χ1) is 11.7. The van der Waals surface area contributed by atoms with Crippen molar-refractivity contribution in [3.8, 4) is 0 Å². The molecule has 0 saturated heterocycles. The van der Waals surface area contributed by atoms with E-state index in [1.54, 1.807) is 11.8 Å². The Hall–Kier alpha value is -1.98. The zero-order chi connectivity index (χ0) is 16.9. The molecule has 24 heavy (non-hydrogen) atoms. The minimum absolute atomic E-state index is 0.0490. The van der Waals surface area contributed by atoms with Crippen LogP contribution in [0.5, 0.6) is 0 Å². The maximum Gasteiger partial charge on any atom is 0.236 e. The van der Waals surface area contributed by atoms with Crippen LogP contribution in [0.15, 0.2) is 48.5 Å². The number of anilines is 1. The highest BCUT2D eigenvalue weighted by Crippen LogP contribution is 2.20. The minimum Gasteiger partial charge on any atom is -0.310 e. The molecule has 4 nitrogen and oxygen atoms in total. The van der Waals surface area contributed by atoms with Gasteiger partial charge in [-0.15, -0.1) is 11.8 Å². The summed E-state index contributed by atoms with van der Waals surface area (Å²) in [7, 11) is 0. The van der Waals surface area contributed by atoms with Crippen LogP contribution in [0.4, 0.5) is 5.95 Å². The molecule has 0 unspecified atom stereocenters. The van der Waals surface area contributed by atoms with Gasteiger partial charge in [-0.3, -0.25) is 10.1 Å². The second-order valence-corrected chi connectivity index (χ2v) is 6.76. The molecule has 0 radical (unpaired) electrons. The van der Waals surface area contributed by atoms with Gasteiger partial charge in [0, 0.05) is 17.3 Å². The smallest absolute Gasteiger partial charge is 0.236 e. The molecule has 0 aliphatic heterocycles. The lowest BCUT2D eigenvalue weighted by Gasteiger charge is -2.07. The number of aromatic nitrogens is 2. The Balaban J connectivity index is 1.61. The molecule has 3 aromatic rings. The van der Waals surface area contributed by atoms with E-state index in [0.717, 1.165) is 28.9 Å². The third-order valence-electron chi connectivity index (χ3n) is 3.61. The van der Waals surface area contributed by atoms with E-state index in [4.69, 9.17) is 11.6 Å². The number of aryl methyl sites for hydroxylation is 1. The minimum atomic E-state index is -0.0490. The van der Waals surface area contributed by atoms with Crippen LogP contribution in [0.3, 0.4) is 0 Å². The number of nitrogens with zero attached hydrogens (tertiary/aromatic N) is 2. The van der Waals surface area contributed by atoms with Crippen molar-refractivity contribution < 1.29 is 4.79 Å². The standard InChI is InChI=1S/C18H18ClN3OS/c1-2-22-16-9-4-3-8-15(16)20-18(22)21-17(23)12-24-11-13-6-5-7-14(19)10-13/h3-10H,2,11-12H2,1H3,(H,20,21,23). The quantitative estimate of drug-likeness (QED) is 0.700. The van der Waals surface area contributed by atoms with E-state index in [9.17, 15) is 4.79 Å². The van der Waals surface area contributed by atoms with Crippen molar-refractivity contribution in [2.75, 3.05) is 11.1 Å². The second kappa shape index (κ2) is 7.73. The van der Waals surface area contributed by atoms with Crippen molar-refractivity contribution in [1.82, 2.24) is 9.55 Å². The van der Waals surface area contributed by atoms with Crippen molar-refractivity contribution in [1.29, 1.82) is 0 Å². The molecule has 0 atom stereocenters. The Labute approximate surface area is 150 Å². The lowest BCUT2D eigenvalue weighted by Crippen LogP contribution is -2.17. The van der Waals surface area contributed by atoms with Crippen LogP contribution in [0.2, 0.25) is 5.02 Å². The topological polar surface area (TPSA) is 46.9 Å². The van der Waals surface area contributed by atoms with Gasteiger partial charge in [-0.05, 0) is 36.8 Å². The Morgan fingerprint density at radius 1 is 1.25 bits per heavy atom. The summed E-state index contributed by atoms with van der Waals surface area (Å²) >= 11 is 7.52. The number of hydrogen-bond donors (Lipinski definition) is 1. The van der Waals surface area contributed by atoms with Crippen LogP contribution in [0, 0.1) is 0 Å². The molecule has 1 N–H and O–H groups in total. The van der Waals surface area contributed by atoms with Crippen molar-refractivity contribution in [2.45, 2.75) is 19.2 Å². The number of carbonyl (C=O) groups excluding carboxylic acids is 1. The Morgan fingerprint density at radius 2 is 2.08 bits per heavy atom. The Kier molecular flexibility index (Phi) is 5.43. The normalized spacial score (nSPS) is 10.9. The lowest BCUT2D eigenvalue weighted by atomic mass is 10.2. The van der Waals surface area contributed by atoms with Crippen LogP contribution in [-0.4, -0.2) is 21.2 Å². The zero-order valence-corrected chi connectivity index (χ0v) is 14.9. The highest BCUT2D eigenvalue weighted by molar-refractivity contribution is 7.99. The van der Waals surface area contributed by atoms with E-state index in [1.807, 2.05) is 60.0 Å². The van der Waals surface area contributed by atoms with E-state index in [-0.39, 0.29) is 5.91 Å². The summed E-state index contributed by atoms with van der Waals surface area (Å²) in [5.41, 5.74) is 3.03. The average Bonchev–Trinajstić information content (AvgIpc) is 2.91. The molecular weight excluding hydrogens is 342 g/mol. The Bertz CT molecular complexity index is 862. The van der Waals surface area contributed by atoms with Gasteiger partial charge in [0.2, 0.25) is 11.9 Å². The van der Waals surface area contributed by atoms with Crippen molar-refractivity contribution in [3.63, 3.8) is 0 Å². The first-order valence-corrected chi connectivity index (χ1v) is 9.28. The SMILES string of the molecule is CCn1c(NC(=O)CSCc2cccc(Cl)c2)nc2ccccc21. The molecule has 0 aliphatic carbocycles. The summed E-state index contributed by atoms with van der Waals surface area (Å²) in [6.07, 6.45) is 0. The van der Waals surface area contributed by atoms with Crippen molar-refractivity contribution in [2.24, 2.45) is 0 Å². The fourth-order valence-corrected chi connectivity index (χ4v) is 3.53. The van der Waals surface area contributed by atoms with E-state index in [2.05, 4.69) is 10.3 Å². The number of rotatable bonds is 6. The van der Waals surface area contributed by atoms with Gasteiger partial charge in [0.05, 0.1) is 16.8 Å². The number of imidazole rings is 1. The molecule has 0 saturated carbocycles. The average molecular weight is 360 g/mol. The molecular formula is C18H18ClN3OS. The molecule has 3 rings (SSSR count). The summed E-state index contributed by atoms with van der Waals surface area (Å²) in [6.45, 7) is 2.80. The van der Waals surface area contributed by atoms with Crippen LogP contribution >= 0.6 is 23.4 Å². The van der Waals surface area contributed by atoms with Gasteiger partial charge in [0.15, 0.2) is 0 Å². The predicted octanol–water partition coefficient (Wildman–Crippen LogP) is 4.58. The fourth-order valence-electron chi connectivity index (χ4n) is 2.54. The number of halogens is 1. The molecule has 6 heteroatoms. The number of carbonyl (C=O) groups is 1. The first-order valence-electron chi connectivity index (χ1n) is 7.74. The Morgan fingerprint density at radius 3 is 2.88 bits per heavy atom. The molecule has 1 amide bonds. The molecule has 0 fully saturated rings. The van der Waals surface area contributed by atoms with Gasteiger partial charge in [-0.1, -0.05) is 35.9 Å². The predicted molar refractivity (Wildman–Crippen MR) is 102 cm³/mol. The van der Waals surface area contributed by atoms with Crippen LogP contribution in [0.1, 0.15) is 12.5 Å². The molecule has 1 aromatic heterocycles. The summed E-state index contributed by atoms with van der Waals surface area (Å²) in [6, 6.07) is 15.6. The molecule has 0 bridgehead atoms. The van der Waals surface area contributed by atoms with Crippen LogP contribution in [-0.2, 0) is 17.1 Å². The van der Waals surface area contributed by atoms with Gasteiger partial charge in [0.25, 0.3) is 0 Å². The number of fused-ring (bicyclic) bond motifs is 1. The second-order valence-electron chi connectivity index (χ2n) is 5.34. The molecule has 0 spiro atoms. The van der Waals surface area contributed by atoms with Gasteiger partial charge in [-0.25, -0.2) is 4.98 Å². The van der Waals surface area contributed by atoms with Crippen LogP contribution in [0.25, 0.3) is 11.0 Å². The first kappa shape index (κ1) is 16.9. The number of benzene rings is 2. The summed E-state index contributed by atoms with van der Waals surface area (Å²) < 4.78 is 2.01. The van der Waals surface area contributed by atoms with Gasteiger partial charge < -0.3 is 4.57 Å². The molecule has 124 valence electrons. The third kappa shape index (κ3) is 3.91. The third-order valence-corrected chi connectivity index (χ3v) is 4.85. The maximum atomic E-state index is 12.2. The number of hydrogen-bond acceptors (Lipinski definition) is 3. The van der Waals surface area contributed by atoms with Gasteiger partial charge >= 0.3 is 0 Å². The van der Waals surface area contributed by atoms with E-state index in [0.29, 0.717) is 16.7 Å². The van der Waals surface area contributed by atoms with Crippen LogP contribution < -0.4 is 5.32 Å². The molecule has 1 heterocycles. The number of para-hydroxylation sites is 2. The van der Waals surface area contributed by atoms with E-state index >= 15 is 0 Å². The summed E-state index contributed by atoms with van der Waals surface area (Å²) in [5, 5.41) is 3.63. The van der Waals surface area contributed by atoms with E-state index in [1.165, 1.54) is 0 Å². The van der Waals surface area contributed by atoms with Crippen molar-refractivity contribution >= 4 is 46.3 Å². The summed E-state index contributed by atoms with van der Waals surface area (Å²) in [5.74, 6) is 1.68.